The lowest BCUT2D eigenvalue weighted by atomic mass is 10.1. The molecule has 1 aromatic rings. The molecule has 0 spiro atoms. The van der Waals surface area contributed by atoms with E-state index in [0.717, 1.165) is 31.7 Å². The predicted molar refractivity (Wildman–Crippen MR) is 77.3 cm³/mol. The van der Waals surface area contributed by atoms with Crippen LogP contribution in [0.2, 0.25) is 0 Å². The Balaban J connectivity index is 1.59. The number of nitrogens with zero attached hydrogens (tertiary/aromatic N) is 2. The summed E-state index contributed by atoms with van der Waals surface area (Å²) < 4.78 is 5.28. The molecule has 3 heterocycles. The van der Waals surface area contributed by atoms with Crippen molar-refractivity contribution < 1.29 is 14.0 Å². The van der Waals surface area contributed by atoms with Gasteiger partial charge in [-0.2, -0.15) is 0 Å². The highest BCUT2D eigenvalue weighted by Gasteiger charge is 2.36. The van der Waals surface area contributed by atoms with Gasteiger partial charge < -0.3 is 14.2 Å². The average Bonchev–Trinajstić information content (AvgIpc) is 3.02. The van der Waals surface area contributed by atoms with Gasteiger partial charge in [-0.05, 0) is 25.0 Å². The molecule has 3 rings (SSSR count). The van der Waals surface area contributed by atoms with E-state index in [9.17, 15) is 9.59 Å². The van der Waals surface area contributed by atoms with Crippen molar-refractivity contribution in [3.63, 3.8) is 0 Å². The molecule has 0 radical (unpaired) electrons. The smallest absolute Gasteiger partial charge is 0.227 e. The molecule has 1 aromatic heterocycles. The van der Waals surface area contributed by atoms with Gasteiger partial charge in [-0.15, -0.1) is 0 Å². The van der Waals surface area contributed by atoms with Crippen LogP contribution < -0.4 is 0 Å². The lowest BCUT2D eigenvalue weighted by Crippen LogP contribution is -2.38. The van der Waals surface area contributed by atoms with E-state index in [1.807, 2.05) is 17.0 Å². The summed E-state index contributed by atoms with van der Waals surface area (Å²) in [6.07, 6.45) is 6.53. The molecule has 1 atom stereocenters. The van der Waals surface area contributed by atoms with E-state index < -0.39 is 0 Å². The quantitative estimate of drug-likeness (QED) is 0.856. The Labute approximate surface area is 124 Å². The van der Waals surface area contributed by atoms with Gasteiger partial charge in [0.15, 0.2) is 0 Å². The zero-order valence-electron chi connectivity index (χ0n) is 12.3. The van der Waals surface area contributed by atoms with E-state index in [2.05, 4.69) is 0 Å². The number of furan rings is 1. The number of hydrogen-bond donors (Lipinski definition) is 0. The minimum atomic E-state index is -0.175. The van der Waals surface area contributed by atoms with Crippen LogP contribution in [-0.2, 0) is 16.1 Å². The van der Waals surface area contributed by atoms with Crippen molar-refractivity contribution in [2.75, 3.05) is 19.6 Å². The molecule has 2 aliphatic rings. The monoisotopic (exact) mass is 290 g/mol. The van der Waals surface area contributed by atoms with Crippen LogP contribution in [0.4, 0.5) is 0 Å². The Morgan fingerprint density at radius 2 is 2.00 bits per heavy atom. The Kier molecular flexibility index (Phi) is 4.27. The molecule has 2 aliphatic heterocycles. The van der Waals surface area contributed by atoms with E-state index in [1.54, 1.807) is 11.2 Å². The van der Waals surface area contributed by atoms with Gasteiger partial charge in [-0.3, -0.25) is 9.59 Å². The number of likely N-dealkylation sites (tertiary alicyclic amines) is 2. The standard InChI is InChI=1S/C16H22N2O3/c19-15-10-13(11-18(15)12-14-6-5-9-21-14)16(20)17-7-3-1-2-4-8-17/h5-6,9,13H,1-4,7-8,10-12H2. The Morgan fingerprint density at radius 3 is 2.67 bits per heavy atom. The van der Waals surface area contributed by atoms with Crippen LogP contribution >= 0.6 is 0 Å². The zero-order chi connectivity index (χ0) is 14.7. The molecular weight excluding hydrogens is 268 g/mol. The van der Waals surface area contributed by atoms with E-state index >= 15 is 0 Å². The highest BCUT2D eigenvalue weighted by Crippen LogP contribution is 2.23. The third-order valence-electron chi connectivity index (χ3n) is 4.41. The first-order valence-corrected chi connectivity index (χ1v) is 7.83. The van der Waals surface area contributed by atoms with Crippen LogP contribution in [0.25, 0.3) is 0 Å². The first-order chi connectivity index (χ1) is 10.2. The van der Waals surface area contributed by atoms with Crippen molar-refractivity contribution in [2.45, 2.75) is 38.6 Å². The van der Waals surface area contributed by atoms with E-state index in [4.69, 9.17) is 4.42 Å². The number of carbonyl (C=O) groups is 2. The lowest BCUT2D eigenvalue weighted by Gasteiger charge is -2.23. The molecule has 0 N–H and O–H groups in total. The van der Waals surface area contributed by atoms with Gasteiger partial charge in [0.25, 0.3) is 0 Å². The molecule has 0 saturated carbocycles. The van der Waals surface area contributed by atoms with Crippen LogP contribution in [0.3, 0.4) is 0 Å². The Bertz CT molecular complexity index is 490. The summed E-state index contributed by atoms with van der Waals surface area (Å²) in [5.74, 6) is 0.809. The van der Waals surface area contributed by atoms with Crippen LogP contribution in [-0.4, -0.2) is 41.2 Å². The predicted octanol–water partition coefficient (Wildman–Crippen LogP) is 2.03. The third-order valence-corrected chi connectivity index (χ3v) is 4.41. The minimum Gasteiger partial charge on any atom is -0.467 e. The van der Waals surface area contributed by atoms with Crippen LogP contribution in [0, 0.1) is 5.92 Å². The highest BCUT2D eigenvalue weighted by atomic mass is 16.3. The van der Waals surface area contributed by atoms with Crippen molar-refractivity contribution in [3.05, 3.63) is 24.2 Å². The molecule has 21 heavy (non-hydrogen) atoms. The maximum Gasteiger partial charge on any atom is 0.227 e. The molecule has 2 amide bonds. The molecule has 0 bridgehead atoms. The molecule has 2 fully saturated rings. The number of hydrogen-bond acceptors (Lipinski definition) is 3. The van der Waals surface area contributed by atoms with Gasteiger partial charge in [0.2, 0.25) is 11.8 Å². The summed E-state index contributed by atoms with van der Waals surface area (Å²) in [7, 11) is 0. The first kappa shape index (κ1) is 14.2. The first-order valence-electron chi connectivity index (χ1n) is 7.83. The van der Waals surface area contributed by atoms with Gasteiger partial charge in [0.05, 0.1) is 18.7 Å². The molecule has 0 aliphatic carbocycles. The Morgan fingerprint density at radius 1 is 1.24 bits per heavy atom. The molecule has 5 heteroatoms. The van der Waals surface area contributed by atoms with Gasteiger partial charge in [0.1, 0.15) is 5.76 Å². The fraction of sp³-hybridized carbons (Fsp3) is 0.625. The summed E-state index contributed by atoms with van der Waals surface area (Å²) in [4.78, 5) is 28.3. The molecule has 1 unspecified atom stereocenters. The van der Waals surface area contributed by atoms with Crippen LogP contribution in [0.15, 0.2) is 22.8 Å². The number of amides is 2. The second-order valence-electron chi connectivity index (χ2n) is 5.99. The second kappa shape index (κ2) is 6.33. The van der Waals surface area contributed by atoms with E-state index in [-0.39, 0.29) is 17.7 Å². The molecule has 0 aromatic carbocycles. The van der Waals surface area contributed by atoms with Crippen LogP contribution in [0.1, 0.15) is 37.9 Å². The summed E-state index contributed by atoms with van der Waals surface area (Å²) in [5, 5.41) is 0. The van der Waals surface area contributed by atoms with Crippen molar-refractivity contribution in [3.8, 4) is 0 Å². The van der Waals surface area contributed by atoms with E-state index in [0.29, 0.717) is 19.5 Å². The largest absolute Gasteiger partial charge is 0.467 e. The van der Waals surface area contributed by atoms with Crippen molar-refractivity contribution in [2.24, 2.45) is 5.92 Å². The average molecular weight is 290 g/mol. The SMILES string of the molecule is O=C1CC(C(=O)N2CCCCCC2)CN1Cc1ccco1. The zero-order valence-corrected chi connectivity index (χ0v) is 12.3. The Hall–Kier alpha value is -1.78. The maximum atomic E-state index is 12.6. The fourth-order valence-electron chi connectivity index (χ4n) is 3.23. The normalized spacial score (nSPS) is 23.4. The van der Waals surface area contributed by atoms with Gasteiger partial charge in [0, 0.05) is 26.1 Å². The summed E-state index contributed by atoms with van der Waals surface area (Å²) in [6.45, 7) is 2.69. The minimum absolute atomic E-state index is 0.0552. The van der Waals surface area contributed by atoms with Gasteiger partial charge >= 0.3 is 0 Å². The summed E-state index contributed by atoms with van der Waals surface area (Å²) >= 11 is 0. The second-order valence-corrected chi connectivity index (χ2v) is 5.99. The number of carbonyl (C=O) groups excluding carboxylic acids is 2. The van der Waals surface area contributed by atoms with Gasteiger partial charge in [-0.25, -0.2) is 0 Å². The van der Waals surface area contributed by atoms with E-state index in [1.165, 1.54) is 12.8 Å². The van der Waals surface area contributed by atoms with Crippen molar-refractivity contribution >= 4 is 11.8 Å². The summed E-state index contributed by atoms with van der Waals surface area (Å²) in [5.41, 5.74) is 0. The lowest BCUT2D eigenvalue weighted by molar-refractivity contribution is -0.135. The van der Waals surface area contributed by atoms with Crippen molar-refractivity contribution in [1.29, 1.82) is 0 Å². The highest BCUT2D eigenvalue weighted by molar-refractivity contribution is 5.89. The molecule has 5 nitrogen and oxygen atoms in total. The number of rotatable bonds is 3. The fourth-order valence-corrected chi connectivity index (χ4v) is 3.23. The molecule has 114 valence electrons. The third kappa shape index (κ3) is 3.28. The topological polar surface area (TPSA) is 53.8 Å². The molecule has 2 saturated heterocycles. The maximum absolute atomic E-state index is 12.6. The van der Waals surface area contributed by atoms with Crippen LogP contribution in [0.5, 0.6) is 0 Å². The summed E-state index contributed by atoms with van der Waals surface area (Å²) in [6, 6.07) is 3.67. The molecular formula is C16H22N2O3. The van der Waals surface area contributed by atoms with Crippen molar-refractivity contribution in [1.82, 2.24) is 9.80 Å². The van der Waals surface area contributed by atoms with Gasteiger partial charge in [-0.1, -0.05) is 12.8 Å².